The van der Waals surface area contributed by atoms with Gasteiger partial charge in [-0.1, -0.05) is 6.07 Å². The van der Waals surface area contributed by atoms with E-state index in [-0.39, 0.29) is 11.5 Å². The Morgan fingerprint density at radius 2 is 1.88 bits per heavy atom. The highest BCUT2D eigenvalue weighted by atomic mass is 19.4. The van der Waals surface area contributed by atoms with E-state index in [0.29, 0.717) is 16.8 Å². The number of carbonyl (C=O) groups excluding carboxylic acids is 1. The second-order valence-electron chi connectivity index (χ2n) is 6.12. The standard InChI is InChI=1S/C18H18F3N3O/c19-18(20,21)13-1-2-14(15(10-13)11-3-6-23-7-4-11)16-9-12(17(22)25)5-8-24-16/h1-2,5,8-11,23H,3-4,6-7H2,(H2,22,25). The van der Waals surface area contributed by atoms with Gasteiger partial charge in [-0.3, -0.25) is 9.78 Å². The van der Waals surface area contributed by atoms with E-state index in [1.54, 1.807) is 0 Å². The smallest absolute Gasteiger partial charge is 0.366 e. The molecule has 1 saturated heterocycles. The number of piperidine rings is 1. The number of hydrogen-bond donors (Lipinski definition) is 2. The van der Waals surface area contributed by atoms with Crippen LogP contribution in [0.4, 0.5) is 13.2 Å². The normalized spacial score (nSPS) is 16.0. The summed E-state index contributed by atoms with van der Waals surface area (Å²) in [6, 6.07) is 6.71. The van der Waals surface area contributed by atoms with Gasteiger partial charge in [0.2, 0.25) is 5.91 Å². The average Bonchev–Trinajstić information content (AvgIpc) is 2.61. The maximum atomic E-state index is 13.2. The zero-order valence-corrected chi connectivity index (χ0v) is 13.4. The van der Waals surface area contributed by atoms with Gasteiger partial charge in [-0.05, 0) is 61.7 Å². The number of carbonyl (C=O) groups is 1. The molecule has 1 aromatic carbocycles. The summed E-state index contributed by atoms with van der Waals surface area (Å²) in [5, 5.41) is 3.21. The van der Waals surface area contributed by atoms with E-state index in [2.05, 4.69) is 10.3 Å². The molecule has 7 heteroatoms. The van der Waals surface area contributed by atoms with Gasteiger partial charge in [0.25, 0.3) is 0 Å². The van der Waals surface area contributed by atoms with E-state index in [1.807, 2.05) is 0 Å². The molecule has 1 aliphatic rings. The number of aromatic nitrogens is 1. The van der Waals surface area contributed by atoms with Gasteiger partial charge in [0.15, 0.2) is 0 Å². The molecule has 0 atom stereocenters. The third kappa shape index (κ3) is 3.82. The van der Waals surface area contributed by atoms with Crippen LogP contribution in [0, 0.1) is 0 Å². The molecule has 1 amide bonds. The SMILES string of the molecule is NC(=O)c1ccnc(-c2ccc(C(F)(F)F)cc2C2CCNCC2)c1. The number of halogens is 3. The van der Waals surface area contributed by atoms with Crippen molar-refractivity contribution in [1.29, 1.82) is 0 Å². The predicted molar refractivity (Wildman–Crippen MR) is 88.0 cm³/mol. The van der Waals surface area contributed by atoms with Crippen molar-refractivity contribution in [2.24, 2.45) is 5.73 Å². The maximum Gasteiger partial charge on any atom is 0.416 e. The molecule has 0 spiro atoms. The minimum absolute atomic E-state index is 0.0117. The summed E-state index contributed by atoms with van der Waals surface area (Å²) < 4.78 is 39.5. The van der Waals surface area contributed by atoms with Crippen LogP contribution < -0.4 is 11.1 Å². The summed E-state index contributed by atoms with van der Waals surface area (Å²) >= 11 is 0. The summed E-state index contributed by atoms with van der Waals surface area (Å²) in [7, 11) is 0. The van der Waals surface area contributed by atoms with Crippen LogP contribution >= 0.6 is 0 Å². The Kier molecular flexibility index (Phi) is 4.76. The fourth-order valence-electron chi connectivity index (χ4n) is 3.17. The van der Waals surface area contributed by atoms with Crippen molar-refractivity contribution in [3.8, 4) is 11.3 Å². The van der Waals surface area contributed by atoms with Crippen LogP contribution in [-0.2, 0) is 6.18 Å². The third-order valence-corrected chi connectivity index (χ3v) is 4.48. The van der Waals surface area contributed by atoms with E-state index >= 15 is 0 Å². The highest BCUT2D eigenvalue weighted by Gasteiger charge is 2.32. The predicted octanol–water partition coefficient (Wildman–Crippen LogP) is 3.33. The summed E-state index contributed by atoms with van der Waals surface area (Å²) in [5.41, 5.74) is 6.59. The Morgan fingerprint density at radius 1 is 1.16 bits per heavy atom. The van der Waals surface area contributed by atoms with Gasteiger partial charge in [-0.15, -0.1) is 0 Å². The zero-order valence-electron chi connectivity index (χ0n) is 13.4. The van der Waals surface area contributed by atoms with Gasteiger partial charge >= 0.3 is 6.18 Å². The first-order chi connectivity index (χ1) is 11.9. The highest BCUT2D eigenvalue weighted by Crippen LogP contribution is 2.38. The molecule has 25 heavy (non-hydrogen) atoms. The van der Waals surface area contributed by atoms with Gasteiger partial charge in [-0.2, -0.15) is 13.2 Å². The first-order valence-corrected chi connectivity index (χ1v) is 8.04. The van der Waals surface area contributed by atoms with Crippen LogP contribution in [0.15, 0.2) is 36.5 Å². The maximum absolute atomic E-state index is 13.2. The van der Waals surface area contributed by atoms with Crippen LogP contribution in [0.2, 0.25) is 0 Å². The lowest BCUT2D eigenvalue weighted by molar-refractivity contribution is -0.137. The first-order valence-electron chi connectivity index (χ1n) is 8.04. The van der Waals surface area contributed by atoms with Gasteiger partial charge < -0.3 is 11.1 Å². The fourth-order valence-corrected chi connectivity index (χ4v) is 3.17. The van der Waals surface area contributed by atoms with Gasteiger partial charge in [0, 0.05) is 17.3 Å². The summed E-state index contributed by atoms with van der Waals surface area (Å²) in [6.07, 6.45) is -1.45. The van der Waals surface area contributed by atoms with Gasteiger partial charge in [0.05, 0.1) is 11.3 Å². The molecule has 0 unspecified atom stereocenters. The monoisotopic (exact) mass is 349 g/mol. The van der Waals surface area contributed by atoms with Crippen molar-refractivity contribution < 1.29 is 18.0 Å². The minimum atomic E-state index is -4.40. The molecule has 3 N–H and O–H groups in total. The lowest BCUT2D eigenvalue weighted by atomic mass is 9.85. The molecule has 1 fully saturated rings. The summed E-state index contributed by atoms with van der Waals surface area (Å²) in [6.45, 7) is 1.52. The molecule has 4 nitrogen and oxygen atoms in total. The van der Waals surface area contributed by atoms with Crippen LogP contribution in [0.1, 0.15) is 40.2 Å². The Morgan fingerprint density at radius 3 is 2.52 bits per heavy atom. The number of amides is 1. The molecule has 0 aliphatic carbocycles. The van der Waals surface area contributed by atoms with Crippen LogP contribution in [0.5, 0.6) is 0 Å². The fraction of sp³-hybridized carbons (Fsp3) is 0.333. The number of benzene rings is 1. The van der Waals surface area contributed by atoms with Crippen molar-refractivity contribution in [1.82, 2.24) is 10.3 Å². The third-order valence-electron chi connectivity index (χ3n) is 4.48. The number of nitrogens with one attached hydrogen (secondary N) is 1. The lowest BCUT2D eigenvalue weighted by Crippen LogP contribution is -2.27. The zero-order chi connectivity index (χ0) is 18.0. The Hall–Kier alpha value is -2.41. The average molecular weight is 349 g/mol. The molecule has 3 rings (SSSR count). The first kappa shape index (κ1) is 17.4. The minimum Gasteiger partial charge on any atom is -0.366 e. The van der Waals surface area contributed by atoms with E-state index in [1.165, 1.54) is 30.5 Å². The Bertz CT molecular complexity index is 783. The Labute approximate surface area is 143 Å². The molecule has 0 radical (unpaired) electrons. The number of primary amides is 1. The molecule has 0 bridgehead atoms. The van der Waals surface area contributed by atoms with Crippen molar-refractivity contribution in [3.63, 3.8) is 0 Å². The summed E-state index contributed by atoms with van der Waals surface area (Å²) in [4.78, 5) is 15.6. The van der Waals surface area contributed by atoms with Crippen molar-refractivity contribution in [3.05, 3.63) is 53.2 Å². The van der Waals surface area contributed by atoms with E-state index in [9.17, 15) is 18.0 Å². The topological polar surface area (TPSA) is 68.0 Å². The van der Waals surface area contributed by atoms with Gasteiger partial charge in [-0.25, -0.2) is 0 Å². The number of nitrogens with two attached hydrogens (primary N) is 1. The molecular formula is C18H18F3N3O. The number of hydrogen-bond acceptors (Lipinski definition) is 3. The summed E-state index contributed by atoms with van der Waals surface area (Å²) in [5.74, 6) is -0.587. The molecule has 1 aromatic heterocycles. The van der Waals surface area contributed by atoms with Crippen molar-refractivity contribution >= 4 is 5.91 Å². The molecule has 2 aromatic rings. The largest absolute Gasteiger partial charge is 0.416 e. The van der Waals surface area contributed by atoms with Crippen LogP contribution in [0.3, 0.4) is 0 Å². The van der Waals surface area contributed by atoms with E-state index in [4.69, 9.17) is 5.73 Å². The van der Waals surface area contributed by atoms with E-state index in [0.717, 1.165) is 32.0 Å². The number of rotatable bonds is 3. The Balaban J connectivity index is 2.11. The lowest BCUT2D eigenvalue weighted by Gasteiger charge is -2.26. The number of pyridine rings is 1. The highest BCUT2D eigenvalue weighted by molar-refractivity contribution is 5.93. The second kappa shape index (κ2) is 6.84. The van der Waals surface area contributed by atoms with Crippen molar-refractivity contribution in [2.75, 3.05) is 13.1 Å². The molecule has 0 saturated carbocycles. The van der Waals surface area contributed by atoms with Crippen LogP contribution in [-0.4, -0.2) is 24.0 Å². The quantitative estimate of drug-likeness (QED) is 0.893. The molecular weight excluding hydrogens is 331 g/mol. The second-order valence-corrected chi connectivity index (χ2v) is 6.12. The number of alkyl halides is 3. The van der Waals surface area contributed by atoms with Gasteiger partial charge in [0.1, 0.15) is 0 Å². The molecule has 132 valence electrons. The molecule has 2 heterocycles. The van der Waals surface area contributed by atoms with E-state index < -0.39 is 17.6 Å². The van der Waals surface area contributed by atoms with Crippen LogP contribution in [0.25, 0.3) is 11.3 Å². The van der Waals surface area contributed by atoms with Crippen molar-refractivity contribution in [2.45, 2.75) is 24.9 Å². The molecule has 1 aliphatic heterocycles. The number of nitrogens with zero attached hydrogens (tertiary/aromatic N) is 1.